The predicted octanol–water partition coefficient (Wildman–Crippen LogP) is 1.83. The Balaban J connectivity index is 2.31. The SMILES string of the molecule is Cc1nn(C)c(N(C)Cc2ccco2)c1C#N. The van der Waals surface area contributed by atoms with E-state index >= 15 is 0 Å². The van der Waals surface area contributed by atoms with Gasteiger partial charge in [-0.2, -0.15) is 10.4 Å². The van der Waals surface area contributed by atoms with Crippen molar-refractivity contribution in [2.24, 2.45) is 7.05 Å². The van der Waals surface area contributed by atoms with Gasteiger partial charge in [-0.25, -0.2) is 0 Å². The van der Waals surface area contributed by atoms with Gasteiger partial charge in [0.15, 0.2) is 0 Å². The lowest BCUT2D eigenvalue weighted by atomic mass is 10.2. The van der Waals surface area contributed by atoms with Gasteiger partial charge in [-0.15, -0.1) is 0 Å². The minimum atomic E-state index is 0.612. The zero-order valence-corrected chi connectivity index (χ0v) is 10.1. The number of nitriles is 1. The Kier molecular flexibility index (Phi) is 2.88. The Morgan fingerprint density at radius 2 is 2.35 bits per heavy atom. The smallest absolute Gasteiger partial charge is 0.145 e. The molecule has 5 heteroatoms. The largest absolute Gasteiger partial charge is 0.467 e. The molecule has 0 atom stereocenters. The van der Waals surface area contributed by atoms with E-state index in [1.807, 2.05) is 38.1 Å². The van der Waals surface area contributed by atoms with E-state index in [0.717, 1.165) is 17.3 Å². The molecule has 0 fully saturated rings. The van der Waals surface area contributed by atoms with Crippen molar-refractivity contribution < 1.29 is 4.42 Å². The lowest BCUT2D eigenvalue weighted by Crippen LogP contribution is -2.20. The maximum absolute atomic E-state index is 9.13. The summed E-state index contributed by atoms with van der Waals surface area (Å²) in [5.41, 5.74) is 1.36. The van der Waals surface area contributed by atoms with E-state index in [-0.39, 0.29) is 0 Å². The van der Waals surface area contributed by atoms with Crippen LogP contribution in [0.2, 0.25) is 0 Å². The second-order valence-corrected chi connectivity index (χ2v) is 3.95. The Morgan fingerprint density at radius 1 is 1.59 bits per heavy atom. The van der Waals surface area contributed by atoms with E-state index in [2.05, 4.69) is 11.2 Å². The van der Waals surface area contributed by atoms with Crippen LogP contribution < -0.4 is 4.90 Å². The molecular formula is C12H14N4O. The molecule has 0 amide bonds. The van der Waals surface area contributed by atoms with Crippen LogP contribution in [0.1, 0.15) is 17.0 Å². The Bertz CT molecular complexity index is 548. The first-order valence-corrected chi connectivity index (χ1v) is 5.30. The molecule has 0 aliphatic rings. The molecule has 2 rings (SSSR count). The second-order valence-electron chi connectivity index (χ2n) is 3.95. The maximum atomic E-state index is 9.13. The number of aryl methyl sites for hydroxylation is 2. The molecule has 0 N–H and O–H groups in total. The first-order chi connectivity index (χ1) is 8.13. The Labute approximate surface area is 99.9 Å². The lowest BCUT2D eigenvalue weighted by molar-refractivity contribution is 0.505. The standard InChI is InChI=1S/C12H14N4O/c1-9-11(7-13)12(16(3)14-9)15(2)8-10-5-4-6-17-10/h4-6H,8H2,1-3H3. The third-order valence-corrected chi connectivity index (χ3v) is 2.64. The molecule has 0 unspecified atom stereocenters. The van der Waals surface area contributed by atoms with Gasteiger partial charge in [-0.05, 0) is 19.1 Å². The Morgan fingerprint density at radius 3 is 2.94 bits per heavy atom. The maximum Gasteiger partial charge on any atom is 0.145 e. The fraction of sp³-hybridized carbons (Fsp3) is 0.333. The van der Waals surface area contributed by atoms with Crippen molar-refractivity contribution in [3.8, 4) is 6.07 Å². The highest BCUT2D eigenvalue weighted by molar-refractivity contribution is 5.56. The predicted molar refractivity (Wildman–Crippen MR) is 63.5 cm³/mol. The number of aromatic nitrogens is 2. The summed E-state index contributed by atoms with van der Waals surface area (Å²) >= 11 is 0. The van der Waals surface area contributed by atoms with E-state index in [1.54, 1.807) is 10.9 Å². The quantitative estimate of drug-likeness (QED) is 0.807. The van der Waals surface area contributed by atoms with Gasteiger partial charge in [0.05, 0.1) is 18.5 Å². The molecule has 5 nitrogen and oxygen atoms in total. The lowest BCUT2D eigenvalue weighted by Gasteiger charge is -2.18. The van der Waals surface area contributed by atoms with E-state index in [4.69, 9.17) is 9.68 Å². The minimum Gasteiger partial charge on any atom is -0.467 e. The number of hydrogen-bond donors (Lipinski definition) is 0. The number of anilines is 1. The molecule has 2 heterocycles. The van der Waals surface area contributed by atoms with E-state index in [1.165, 1.54) is 0 Å². The van der Waals surface area contributed by atoms with Gasteiger partial charge in [0.25, 0.3) is 0 Å². The van der Waals surface area contributed by atoms with Crippen LogP contribution in [0.5, 0.6) is 0 Å². The Hall–Kier alpha value is -2.22. The van der Waals surface area contributed by atoms with Gasteiger partial charge in [0.2, 0.25) is 0 Å². The molecule has 2 aromatic heterocycles. The van der Waals surface area contributed by atoms with Crippen molar-refractivity contribution in [2.45, 2.75) is 13.5 Å². The van der Waals surface area contributed by atoms with Gasteiger partial charge >= 0.3 is 0 Å². The van der Waals surface area contributed by atoms with Crippen molar-refractivity contribution in [2.75, 3.05) is 11.9 Å². The summed E-state index contributed by atoms with van der Waals surface area (Å²) < 4.78 is 7.01. The third kappa shape index (κ3) is 2.02. The van der Waals surface area contributed by atoms with Crippen molar-refractivity contribution in [3.63, 3.8) is 0 Å². The van der Waals surface area contributed by atoms with Gasteiger partial charge in [-0.1, -0.05) is 0 Å². The fourth-order valence-electron chi connectivity index (χ4n) is 1.93. The molecule has 0 radical (unpaired) electrons. The minimum absolute atomic E-state index is 0.612. The zero-order valence-electron chi connectivity index (χ0n) is 10.1. The summed E-state index contributed by atoms with van der Waals surface area (Å²) in [5, 5.41) is 13.4. The number of nitrogens with zero attached hydrogens (tertiary/aromatic N) is 4. The van der Waals surface area contributed by atoms with Gasteiger partial charge in [0.1, 0.15) is 23.2 Å². The summed E-state index contributed by atoms with van der Waals surface area (Å²) in [6.45, 7) is 2.45. The highest BCUT2D eigenvalue weighted by Crippen LogP contribution is 2.22. The first kappa shape index (κ1) is 11.3. The monoisotopic (exact) mass is 230 g/mol. The average molecular weight is 230 g/mol. The molecule has 0 saturated heterocycles. The number of hydrogen-bond acceptors (Lipinski definition) is 4. The zero-order chi connectivity index (χ0) is 12.4. The van der Waals surface area contributed by atoms with Crippen molar-refractivity contribution in [3.05, 3.63) is 35.4 Å². The summed E-state index contributed by atoms with van der Waals surface area (Å²) in [5.74, 6) is 1.66. The molecule has 0 saturated carbocycles. The van der Waals surface area contributed by atoms with Crippen LogP contribution in [0.3, 0.4) is 0 Å². The summed E-state index contributed by atoms with van der Waals surface area (Å²) in [6, 6.07) is 5.95. The normalized spacial score (nSPS) is 10.2. The van der Waals surface area contributed by atoms with Crippen molar-refractivity contribution in [1.29, 1.82) is 5.26 Å². The average Bonchev–Trinajstić information content (AvgIpc) is 2.85. The van der Waals surface area contributed by atoms with Crippen LogP contribution in [0.4, 0.5) is 5.82 Å². The number of furan rings is 1. The van der Waals surface area contributed by atoms with Crippen LogP contribution in [-0.2, 0) is 13.6 Å². The van der Waals surface area contributed by atoms with Gasteiger partial charge < -0.3 is 9.32 Å². The second kappa shape index (κ2) is 4.34. The summed E-state index contributed by atoms with van der Waals surface area (Å²) in [6.07, 6.45) is 1.64. The van der Waals surface area contributed by atoms with Crippen LogP contribution in [0, 0.1) is 18.3 Å². The summed E-state index contributed by atoms with van der Waals surface area (Å²) in [7, 11) is 3.75. The molecule has 2 aromatic rings. The van der Waals surface area contributed by atoms with Crippen molar-refractivity contribution >= 4 is 5.82 Å². The van der Waals surface area contributed by atoms with E-state index < -0.39 is 0 Å². The molecule has 0 aromatic carbocycles. The molecule has 0 bridgehead atoms. The molecule has 88 valence electrons. The highest BCUT2D eigenvalue weighted by Gasteiger charge is 2.17. The fourth-order valence-corrected chi connectivity index (χ4v) is 1.93. The van der Waals surface area contributed by atoms with Crippen LogP contribution >= 0.6 is 0 Å². The topological polar surface area (TPSA) is 58.0 Å². The highest BCUT2D eigenvalue weighted by atomic mass is 16.3. The van der Waals surface area contributed by atoms with Gasteiger partial charge in [0, 0.05) is 14.1 Å². The molecule has 0 spiro atoms. The molecule has 17 heavy (non-hydrogen) atoms. The van der Waals surface area contributed by atoms with E-state index in [0.29, 0.717) is 12.1 Å². The number of rotatable bonds is 3. The van der Waals surface area contributed by atoms with Crippen molar-refractivity contribution in [1.82, 2.24) is 9.78 Å². The van der Waals surface area contributed by atoms with Gasteiger partial charge in [-0.3, -0.25) is 4.68 Å². The van der Waals surface area contributed by atoms with Crippen LogP contribution in [0.25, 0.3) is 0 Å². The molecular weight excluding hydrogens is 216 g/mol. The molecule has 0 aliphatic heterocycles. The van der Waals surface area contributed by atoms with E-state index in [9.17, 15) is 0 Å². The third-order valence-electron chi connectivity index (χ3n) is 2.64. The molecule has 0 aliphatic carbocycles. The summed E-state index contributed by atoms with van der Waals surface area (Å²) in [4.78, 5) is 1.96. The van der Waals surface area contributed by atoms with Crippen LogP contribution in [-0.4, -0.2) is 16.8 Å². The van der Waals surface area contributed by atoms with Crippen LogP contribution in [0.15, 0.2) is 22.8 Å². The first-order valence-electron chi connectivity index (χ1n) is 5.30.